The maximum atomic E-state index is 12.9. The van der Waals surface area contributed by atoms with E-state index in [9.17, 15) is 10.1 Å². The molecule has 1 aliphatic carbocycles. The molecule has 2 aromatic carbocycles. The lowest BCUT2D eigenvalue weighted by molar-refractivity contribution is -0.128. The first kappa shape index (κ1) is 23.7. The molecule has 38 heavy (non-hydrogen) atoms. The van der Waals surface area contributed by atoms with E-state index in [4.69, 9.17) is 15.6 Å². The predicted octanol–water partition coefficient (Wildman–Crippen LogP) is 4.89. The Morgan fingerprint density at radius 3 is 2.39 bits per heavy atom. The number of likely N-dealkylation sites (tertiary alicyclic amines) is 1. The number of hydrogen-bond acceptors (Lipinski definition) is 7. The van der Waals surface area contributed by atoms with E-state index in [1.54, 1.807) is 4.90 Å². The van der Waals surface area contributed by atoms with Crippen LogP contribution in [0.4, 0.5) is 5.82 Å². The van der Waals surface area contributed by atoms with Gasteiger partial charge in [0.05, 0.1) is 11.4 Å². The molecule has 2 aliphatic rings. The molecule has 1 saturated carbocycles. The van der Waals surface area contributed by atoms with Crippen molar-refractivity contribution in [3.63, 3.8) is 0 Å². The zero-order valence-electron chi connectivity index (χ0n) is 20.8. The number of amides is 1. The first-order chi connectivity index (χ1) is 18.6. The van der Waals surface area contributed by atoms with E-state index >= 15 is 0 Å². The van der Waals surface area contributed by atoms with Gasteiger partial charge in [-0.2, -0.15) is 10.4 Å². The topological polar surface area (TPSA) is 123 Å². The van der Waals surface area contributed by atoms with Gasteiger partial charge in [0.2, 0.25) is 0 Å². The van der Waals surface area contributed by atoms with Crippen LogP contribution in [0.3, 0.4) is 0 Å². The fraction of sp³-hybridized carbons (Fsp3) is 0.276. The standard InChI is InChI=1S/C29H27N7O2/c30-17-21(16-19-6-7-19)29(37)35-14-12-22(13-15-35)36-28-25(27(31)32-18-33-28)26(34-36)20-8-10-24(11-9-20)38-23-4-2-1-3-5-23/h1-5,8-11,16,18-19,22H,6-7,12-15H2,(H2,31,32,33)/b21-16-. The number of aromatic nitrogens is 4. The van der Waals surface area contributed by atoms with Gasteiger partial charge < -0.3 is 15.4 Å². The van der Waals surface area contributed by atoms with E-state index in [0.29, 0.717) is 54.4 Å². The molecule has 3 heterocycles. The first-order valence-electron chi connectivity index (χ1n) is 12.8. The molecule has 1 aliphatic heterocycles. The number of fused-ring (bicyclic) bond motifs is 1. The fourth-order valence-corrected chi connectivity index (χ4v) is 4.90. The number of nitriles is 1. The largest absolute Gasteiger partial charge is 0.457 e. The van der Waals surface area contributed by atoms with E-state index in [-0.39, 0.29) is 17.5 Å². The van der Waals surface area contributed by atoms with Gasteiger partial charge in [0.15, 0.2) is 5.65 Å². The van der Waals surface area contributed by atoms with Gasteiger partial charge in [0, 0.05) is 18.7 Å². The number of nitrogens with two attached hydrogens (primary N) is 1. The minimum Gasteiger partial charge on any atom is -0.457 e. The van der Waals surface area contributed by atoms with E-state index in [2.05, 4.69) is 16.0 Å². The molecule has 6 rings (SSSR count). The normalized spacial score (nSPS) is 16.4. The first-order valence-corrected chi connectivity index (χ1v) is 12.8. The summed E-state index contributed by atoms with van der Waals surface area (Å²) in [6, 6.07) is 19.5. The second-order valence-electron chi connectivity index (χ2n) is 9.74. The number of piperidine rings is 1. The van der Waals surface area contributed by atoms with Crippen LogP contribution in [-0.2, 0) is 4.79 Å². The van der Waals surface area contributed by atoms with Crippen LogP contribution < -0.4 is 10.5 Å². The molecular formula is C29H27N7O2. The van der Waals surface area contributed by atoms with Crippen molar-refractivity contribution in [2.24, 2.45) is 5.92 Å². The highest BCUT2D eigenvalue weighted by Crippen LogP contribution is 2.36. The summed E-state index contributed by atoms with van der Waals surface area (Å²) in [5.41, 5.74) is 8.83. The van der Waals surface area contributed by atoms with Crippen LogP contribution >= 0.6 is 0 Å². The molecule has 2 fully saturated rings. The highest BCUT2D eigenvalue weighted by Gasteiger charge is 2.30. The van der Waals surface area contributed by atoms with Gasteiger partial charge in [-0.05, 0) is 68.0 Å². The van der Waals surface area contributed by atoms with Crippen molar-refractivity contribution in [1.29, 1.82) is 5.26 Å². The number of carbonyl (C=O) groups is 1. The lowest BCUT2D eigenvalue weighted by atomic mass is 10.0. The number of anilines is 1. The summed E-state index contributed by atoms with van der Waals surface area (Å²) in [7, 11) is 0. The van der Waals surface area contributed by atoms with Crippen LogP contribution in [0.15, 0.2) is 72.6 Å². The van der Waals surface area contributed by atoms with Crippen LogP contribution in [0.5, 0.6) is 11.5 Å². The Kier molecular flexibility index (Phi) is 6.22. The number of para-hydroxylation sites is 1. The molecule has 0 unspecified atom stereocenters. The number of nitrogen functional groups attached to an aromatic ring is 1. The second-order valence-corrected chi connectivity index (χ2v) is 9.74. The van der Waals surface area contributed by atoms with Crippen molar-refractivity contribution in [2.45, 2.75) is 31.7 Å². The van der Waals surface area contributed by atoms with Gasteiger partial charge in [-0.25, -0.2) is 14.6 Å². The quantitative estimate of drug-likeness (QED) is 0.292. The third-order valence-electron chi connectivity index (χ3n) is 7.10. The fourth-order valence-electron chi connectivity index (χ4n) is 4.90. The molecule has 9 nitrogen and oxygen atoms in total. The number of rotatable bonds is 6. The maximum Gasteiger partial charge on any atom is 0.264 e. The van der Waals surface area contributed by atoms with Crippen LogP contribution in [0.1, 0.15) is 31.7 Å². The third-order valence-corrected chi connectivity index (χ3v) is 7.10. The van der Waals surface area contributed by atoms with Gasteiger partial charge in [-0.1, -0.05) is 24.3 Å². The number of allylic oxidation sites excluding steroid dienone is 1. The van der Waals surface area contributed by atoms with Gasteiger partial charge in [-0.15, -0.1) is 0 Å². The summed E-state index contributed by atoms with van der Waals surface area (Å²) < 4.78 is 7.85. The average Bonchev–Trinajstić information content (AvgIpc) is 3.70. The monoisotopic (exact) mass is 505 g/mol. The summed E-state index contributed by atoms with van der Waals surface area (Å²) in [6.07, 6.45) is 6.82. The van der Waals surface area contributed by atoms with Crippen molar-refractivity contribution in [1.82, 2.24) is 24.6 Å². The number of hydrogen-bond donors (Lipinski definition) is 1. The lowest BCUT2D eigenvalue weighted by Gasteiger charge is -2.32. The molecule has 0 bridgehead atoms. The minimum absolute atomic E-state index is 0.0447. The Balaban J connectivity index is 1.24. The molecule has 0 spiro atoms. The Morgan fingerprint density at radius 2 is 1.71 bits per heavy atom. The Bertz CT molecular complexity index is 1540. The zero-order valence-corrected chi connectivity index (χ0v) is 20.8. The molecule has 190 valence electrons. The number of nitrogens with zero attached hydrogens (tertiary/aromatic N) is 6. The van der Waals surface area contributed by atoms with Crippen LogP contribution in [0.2, 0.25) is 0 Å². The zero-order chi connectivity index (χ0) is 26.1. The molecule has 4 aromatic rings. The second kappa shape index (κ2) is 9.98. The molecule has 1 saturated heterocycles. The van der Waals surface area contributed by atoms with Crippen LogP contribution in [0, 0.1) is 17.2 Å². The molecule has 1 amide bonds. The van der Waals surface area contributed by atoms with E-state index in [1.807, 2.05) is 65.4 Å². The number of benzene rings is 2. The van der Waals surface area contributed by atoms with Crippen molar-refractivity contribution < 1.29 is 9.53 Å². The van der Waals surface area contributed by atoms with E-state index in [1.165, 1.54) is 6.33 Å². The summed E-state index contributed by atoms with van der Waals surface area (Å²) >= 11 is 0. The Morgan fingerprint density at radius 1 is 1.00 bits per heavy atom. The maximum absolute atomic E-state index is 12.9. The third kappa shape index (κ3) is 4.68. The van der Waals surface area contributed by atoms with Gasteiger partial charge >= 0.3 is 0 Å². The van der Waals surface area contributed by atoms with Crippen LogP contribution in [-0.4, -0.2) is 43.6 Å². The summed E-state index contributed by atoms with van der Waals surface area (Å²) in [4.78, 5) is 23.4. The number of carbonyl (C=O) groups excluding carboxylic acids is 1. The summed E-state index contributed by atoms with van der Waals surface area (Å²) in [5.74, 6) is 2.06. The predicted molar refractivity (Wildman–Crippen MR) is 143 cm³/mol. The van der Waals surface area contributed by atoms with Crippen molar-refractivity contribution >= 4 is 22.8 Å². The Labute approximate surface area is 220 Å². The molecule has 0 radical (unpaired) electrons. The highest BCUT2D eigenvalue weighted by molar-refractivity contribution is 5.98. The minimum atomic E-state index is -0.173. The van der Waals surface area contributed by atoms with Gasteiger partial charge in [0.1, 0.15) is 41.0 Å². The Hall–Kier alpha value is -4.71. The lowest BCUT2D eigenvalue weighted by Crippen LogP contribution is -2.39. The molecule has 9 heteroatoms. The number of ether oxygens (including phenoxy) is 1. The highest BCUT2D eigenvalue weighted by atomic mass is 16.5. The van der Waals surface area contributed by atoms with E-state index < -0.39 is 0 Å². The summed E-state index contributed by atoms with van der Waals surface area (Å²) in [5, 5.41) is 15.1. The van der Waals surface area contributed by atoms with Crippen molar-refractivity contribution in [2.75, 3.05) is 18.8 Å². The molecule has 2 N–H and O–H groups in total. The van der Waals surface area contributed by atoms with Gasteiger partial charge in [-0.3, -0.25) is 4.79 Å². The molecule has 0 atom stereocenters. The van der Waals surface area contributed by atoms with Crippen molar-refractivity contribution in [3.05, 3.63) is 72.6 Å². The van der Waals surface area contributed by atoms with Crippen molar-refractivity contribution in [3.8, 4) is 28.8 Å². The summed E-state index contributed by atoms with van der Waals surface area (Å²) in [6.45, 7) is 1.10. The van der Waals surface area contributed by atoms with Gasteiger partial charge in [0.25, 0.3) is 5.91 Å². The molecule has 2 aromatic heterocycles. The smallest absolute Gasteiger partial charge is 0.264 e. The van der Waals surface area contributed by atoms with Crippen LogP contribution in [0.25, 0.3) is 22.3 Å². The molecular weight excluding hydrogens is 478 g/mol. The van der Waals surface area contributed by atoms with E-state index in [0.717, 1.165) is 29.9 Å². The SMILES string of the molecule is N#C/C(=C/C1CC1)C(=O)N1CCC(n2nc(-c3ccc(Oc4ccccc4)cc3)c3c(N)ncnc32)CC1. The average molecular weight is 506 g/mol.